The van der Waals surface area contributed by atoms with Crippen LogP contribution >= 0.6 is 0 Å². The van der Waals surface area contributed by atoms with E-state index >= 15 is 0 Å². The van der Waals surface area contributed by atoms with Crippen LogP contribution in [-0.2, 0) is 24.4 Å². The highest BCUT2D eigenvalue weighted by atomic mass is 32.2. The molecule has 11 heteroatoms. The van der Waals surface area contributed by atoms with Gasteiger partial charge in [-0.1, -0.05) is 18.2 Å². The van der Waals surface area contributed by atoms with Gasteiger partial charge in [-0.25, -0.2) is 18.2 Å². The number of carbonyl (C=O) groups is 1. The molecule has 0 amide bonds. The smallest absolute Gasteiger partial charge is 0.344 e. The summed E-state index contributed by atoms with van der Waals surface area (Å²) in [6.45, 7) is 2.31. The Morgan fingerprint density at radius 2 is 1.92 bits per heavy atom. The predicted octanol–water partition coefficient (Wildman–Crippen LogP) is 4.14. The van der Waals surface area contributed by atoms with Gasteiger partial charge in [-0.05, 0) is 72.9 Å². The Hall–Kier alpha value is -4.12. The third-order valence-electron chi connectivity index (χ3n) is 6.44. The molecule has 5 rings (SSSR count). The fourth-order valence-corrected chi connectivity index (χ4v) is 6.06. The fourth-order valence-electron chi connectivity index (χ4n) is 4.45. The molecule has 204 valence electrons. The molecule has 0 spiro atoms. The Balaban J connectivity index is 1.43. The Morgan fingerprint density at radius 3 is 2.67 bits per heavy atom. The van der Waals surface area contributed by atoms with Crippen molar-refractivity contribution >= 4 is 33.4 Å². The molecule has 0 radical (unpaired) electrons. The van der Waals surface area contributed by atoms with Crippen LogP contribution in [0, 0.1) is 6.92 Å². The molecule has 3 heterocycles. The lowest BCUT2D eigenvalue weighted by atomic mass is 10.1. The highest BCUT2D eigenvalue weighted by molar-refractivity contribution is 7.92. The first-order chi connectivity index (χ1) is 18.7. The number of aryl methyl sites for hydroxylation is 1. The van der Waals surface area contributed by atoms with Gasteiger partial charge in [0.2, 0.25) is 5.90 Å². The van der Waals surface area contributed by atoms with Crippen LogP contribution in [0.3, 0.4) is 0 Å². The predicted molar refractivity (Wildman–Crippen MR) is 147 cm³/mol. The van der Waals surface area contributed by atoms with E-state index in [1.54, 1.807) is 24.3 Å². The Bertz CT molecular complexity index is 1520. The lowest BCUT2D eigenvalue weighted by molar-refractivity contribution is -0.140. The zero-order valence-corrected chi connectivity index (χ0v) is 22.8. The number of pyridine rings is 1. The maximum atomic E-state index is 13.9. The van der Waals surface area contributed by atoms with Gasteiger partial charge in [0.25, 0.3) is 10.0 Å². The van der Waals surface area contributed by atoms with Crippen LogP contribution in [0.1, 0.15) is 24.8 Å². The van der Waals surface area contributed by atoms with Crippen molar-refractivity contribution in [2.45, 2.75) is 37.2 Å². The van der Waals surface area contributed by atoms with Gasteiger partial charge in [-0.15, -0.1) is 0 Å². The molecule has 1 atom stereocenters. The van der Waals surface area contributed by atoms with E-state index in [2.05, 4.69) is 9.99 Å². The molecule has 0 N–H and O–H groups in total. The molecule has 0 saturated carbocycles. The van der Waals surface area contributed by atoms with E-state index in [4.69, 9.17) is 14.5 Å². The van der Waals surface area contributed by atoms with Crippen molar-refractivity contribution in [3.05, 3.63) is 66.2 Å². The second-order valence-corrected chi connectivity index (χ2v) is 11.5. The number of oxime groups is 1. The van der Waals surface area contributed by atoms with Crippen LogP contribution in [0.4, 0.5) is 11.5 Å². The van der Waals surface area contributed by atoms with Crippen molar-refractivity contribution in [2.24, 2.45) is 5.16 Å². The van der Waals surface area contributed by atoms with Gasteiger partial charge in [0.1, 0.15) is 24.1 Å². The molecule has 0 unspecified atom stereocenters. The maximum Gasteiger partial charge on any atom is 0.344 e. The molecular weight excluding hydrogens is 520 g/mol. The Kier molecular flexibility index (Phi) is 7.42. The zero-order valence-electron chi connectivity index (χ0n) is 22.0. The standard InChI is InChI=1S/C28H30N4O6S/c1-19-7-4-9-22(15-19)39(34,35)32-18-21(8-6-14-36-27-17-28(33)38-30-27)37-25-13-12-20(16-24(25)32)23-10-5-11-26(29-23)31(2)3/h4-5,7,9-13,15-16,21H,6,8,14,17-18H2,1-3H3/t21-/m0/s1. The van der Waals surface area contributed by atoms with Gasteiger partial charge >= 0.3 is 5.97 Å². The molecule has 0 fully saturated rings. The average molecular weight is 551 g/mol. The number of fused-ring (bicyclic) bond motifs is 1. The molecule has 0 bridgehead atoms. The number of ether oxygens (including phenoxy) is 2. The number of anilines is 2. The minimum absolute atomic E-state index is 0.0183. The molecule has 39 heavy (non-hydrogen) atoms. The normalized spacial score (nSPS) is 16.7. The number of carbonyl (C=O) groups excluding carboxylic acids is 1. The summed E-state index contributed by atoms with van der Waals surface area (Å²) >= 11 is 0. The minimum atomic E-state index is -3.88. The highest BCUT2D eigenvalue weighted by Gasteiger charge is 2.35. The molecule has 0 saturated heterocycles. The van der Waals surface area contributed by atoms with Crippen LogP contribution in [0.15, 0.2) is 70.7 Å². The van der Waals surface area contributed by atoms with E-state index in [1.807, 2.05) is 62.3 Å². The quantitative estimate of drug-likeness (QED) is 0.304. The Morgan fingerprint density at radius 1 is 1.10 bits per heavy atom. The highest BCUT2D eigenvalue weighted by Crippen LogP contribution is 2.40. The summed E-state index contributed by atoms with van der Waals surface area (Å²) in [6.07, 6.45) is 0.732. The molecule has 2 aromatic carbocycles. The lowest BCUT2D eigenvalue weighted by Crippen LogP contribution is -2.43. The molecular formula is C28H30N4O6S. The number of aromatic nitrogens is 1. The van der Waals surface area contributed by atoms with Crippen LogP contribution < -0.4 is 13.9 Å². The number of sulfonamides is 1. The van der Waals surface area contributed by atoms with Gasteiger partial charge in [0, 0.05) is 19.7 Å². The summed E-state index contributed by atoms with van der Waals surface area (Å²) in [5.41, 5.74) is 2.84. The number of benzene rings is 2. The van der Waals surface area contributed by atoms with Crippen molar-refractivity contribution in [1.82, 2.24) is 4.98 Å². The van der Waals surface area contributed by atoms with Gasteiger partial charge < -0.3 is 19.2 Å². The number of hydrogen-bond donors (Lipinski definition) is 0. The van der Waals surface area contributed by atoms with E-state index in [0.29, 0.717) is 30.9 Å². The summed E-state index contributed by atoms with van der Waals surface area (Å²) in [6, 6.07) is 18.1. The first kappa shape index (κ1) is 26.5. The SMILES string of the molecule is Cc1cccc(S(=O)(=O)N2C[C@H](CCCOC3=NOC(=O)C3)Oc3ccc(-c4cccc(N(C)C)n4)cc32)c1. The van der Waals surface area contributed by atoms with E-state index < -0.39 is 22.1 Å². The molecule has 2 aliphatic heterocycles. The van der Waals surface area contributed by atoms with Crippen molar-refractivity contribution in [3.63, 3.8) is 0 Å². The van der Waals surface area contributed by atoms with Crippen LogP contribution in [-0.4, -0.2) is 58.6 Å². The van der Waals surface area contributed by atoms with Crippen LogP contribution in [0.25, 0.3) is 11.3 Å². The Labute approximate surface area is 227 Å². The summed E-state index contributed by atoms with van der Waals surface area (Å²) in [7, 11) is -0.0423. The number of rotatable bonds is 8. The first-order valence-corrected chi connectivity index (χ1v) is 14.1. The van der Waals surface area contributed by atoms with Crippen LogP contribution in [0.2, 0.25) is 0 Å². The van der Waals surface area contributed by atoms with Crippen LogP contribution in [0.5, 0.6) is 5.75 Å². The summed E-state index contributed by atoms with van der Waals surface area (Å²) in [5.74, 6) is 1.08. The molecule has 10 nitrogen and oxygen atoms in total. The number of nitrogens with zero attached hydrogens (tertiary/aromatic N) is 4. The topological polar surface area (TPSA) is 111 Å². The minimum Gasteiger partial charge on any atom is -0.486 e. The monoisotopic (exact) mass is 550 g/mol. The van der Waals surface area contributed by atoms with Crippen molar-refractivity contribution in [1.29, 1.82) is 0 Å². The van der Waals surface area contributed by atoms with Gasteiger partial charge in [0.05, 0.1) is 29.4 Å². The summed E-state index contributed by atoms with van der Waals surface area (Å²) in [5, 5.41) is 3.58. The van der Waals surface area contributed by atoms with Crippen molar-refractivity contribution < 1.29 is 27.5 Å². The number of hydrogen-bond acceptors (Lipinski definition) is 9. The first-order valence-electron chi connectivity index (χ1n) is 12.6. The second-order valence-electron chi connectivity index (χ2n) is 9.67. The fraction of sp³-hybridized carbons (Fsp3) is 0.321. The van der Waals surface area contributed by atoms with E-state index in [0.717, 1.165) is 22.6 Å². The van der Waals surface area contributed by atoms with E-state index in [-0.39, 0.29) is 23.8 Å². The van der Waals surface area contributed by atoms with Crippen molar-refractivity contribution in [3.8, 4) is 17.0 Å². The molecule has 2 aliphatic rings. The molecule has 3 aromatic rings. The third-order valence-corrected chi connectivity index (χ3v) is 8.22. The zero-order chi connectivity index (χ0) is 27.6. The average Bonchev–Trinajstić information content (AvgIpc) is 3.35. The third kappa shape index (κ3) is 5.83. The van der Waals surface area contributed by atoms with Gasteiger partial charge in [-0.3, -0.25) is 4.31 Å². The molecule has 0 aliphatic carbocycles. The largest absolute Gasteiger partial charge is 0.486 e. The van der Waals surface area contributed by atoms with E-state index in [1.165, 1.54) is 4.31 Å². The van der Waals surface area contributed by atoms with Gasteiger partial charge in [0.15, 0.2) is 0 Å². The summed E-state index contributed by atoms with van der Waals surface area (Å²) in [4.78, 5) is 22.6. The van der Waals surface area contributed by atoms with Gasteiger partial charge in [-0.2, -0.15) is 0 Å². The van der Waals surface area contributed by atoms with E-state index in [9.17, 15) is 13.2 Å². The summed E-state index contributed by atoms with van der Waals surface area (Å²) < 4.78 is 41.1. The lowest BCUT2D eigenvalue weighted by Gasteiger charge is -2.36. The van der Waals surface area contributed by atoms with Crippen molar-refractivity contribution in [2.75, 3.05) is 36.5 Å². The second kappa shape index (κ2) is 10.9. The molecule has 1 aromatic heterocycles. The maximum absolute atomic E-state index is 13.9.